The van der Waals surface area contributed by atoms with E-state index >= 15 is 0 Å². The van der Waals surface area contributed by atoms with Crippen LogP contribution in [0.15, 0.2) is 52.1 Å². The first-order valence-corrected chi connectivity index (χ1v) is 10.0. The maximum Gasteiger partial charge on any atom is 0.237 e. The van der Waals surface area contributed by atoms with Crippen molar-refractivity contribution < 1.29 is 9.53 Å². The second-order valence-electron chi connectivity index (χ2n) is 5.57. The van der Waals surface area contributed by atoms with Crippen LogP contribution < -0.4 is 10.1 Å². The Hall–Kier alpha value is -2.03. The van der Waals surface area contributed by atoms with Gasteiger partial charge in [0.1, 0.15) is 5.75 Å². The van der Waals surface area contributed by atoms with E-state index in [9.17, 15) is 4.79 Å². The van der Waals surface area contributed by atoms with Gasteiger partial charge in [-0.3, -0.25) is 9.89 Å². The number of carbonyl (C=O) groups excluding carboxylic acids is 1. The van der Waals surface area contributed by atoms with E-state index in [1.54, 1.807) is 32.2 Å². The molecule has 1 amide bonds. The molecule has 0 aliphatic carbocycles. The van der Waals surface area contributed by atoms with E-state index in [1.165, 1.54) is 11.8 Å². The summed E-state index contributed by atoms with van der Waals surface area (Å²) >= 11 is 10.7. The quantitative estimate of drug-likeness (QED) is 0.498. The normalized spacial score (nSPS) is 11.9. The molecule has 6 nitrogen and oxygen atoms in total. The Balaban J connectivity index is 1.69. The summed E-state index contributed by atoms with van der Waals surface area (Å²) in [6.45, 7) is 1.80. The van der Waals surface area contributed by atoms with E-state index in [1.807, 2.05) is 24.3 Å². The van der Waals surface area contributed by atoms with Crippen molar-refractivity contribution in [3.8, 4) is 17.1 Å². The highest BCUT2D eigenvalue weighted by molar-refractivity contribution is 9.10. The number of H-pyrrole nitrogens is 1. The molecule has 140 valence electrons. The number of carbonyl (C=O) groups is 1. The third kappa shape index (κ3) is 5.03. The smallest absolute Gasteiger partial charge is 0.237 e. The Bertz CT molecular complexity index is 949. The number of aromatic amines is 1. The fraction of sp³-hybridized carbons (Fsp3) is 0.167. The number of nitrogens with zero attached hydrogens (tertiary/aromatic N) is 2. The average Bonchev–Trinajstić information content (AvgIpc) is 3.11. The molecule has 0 aliphatic rings. The van der Waals surface area contributed by atoms with Gasteiger partial charge in [-0.15, -0.1) is 5.10 Å². The minimum Gasteiger partial charge on any atom is -0.496 e. The second kappa shape index (κ2) is 8.77. The minimum atomic E-state index is -0.376. The van der Waals surface area contributed by atoms with Crippen molar-refractivity contribution in [2.75, 3.05) is 12.4 Å². The van der Waals surface area contributed by atoms with Gasteiger partial charge in [0.25, 0.3) is 0 Å². The number of amides is 1. The van der Waals surface area contributed by atoms with Gasteiger partial charge in [-0.25, -0.2) is 4.98 Å². The van der Waals surface area contributed by atoms with Crippen molar-refractivity contribution in [1.82, 2.24) is 15.2 Å². The highest BCUT2D eigenvalue weighted by Crippen LogP contribution is 2.31. The third-order valence-electron chi connectivity index (χ3n) is 3.64. The molecule has 3 rings (SSSR count). The number of thioether (sulfide) groups is 1. The SMILES string of the molecule is COc1ccc(Cl)cc1-c1nc(SC(C)C(=O)Nc2ccc(Br)cc2)n[nH]1. The van der Waals surface area contributed by atoms with E-state index in [0.717, 1.165) is 10.2 Å². The van der Waals surface area contributed by atoms with Crippen LogP contribution >= 0.6 is 39.3 Å². The fourth-order valence-electron chi connectivity index (χ4n) is 2.27. The molecule has 27 heavy (non-hydrogen) atoms. The van der Waals surface area contributed by atoms with Gasteiger partial charge in [0.05, 0.1) is 17.9 Å². The van der Waals surface area contributed by atoms with Crippen molar-refractivity contribution in [1.29, 1.82) is 0 Å². The lowest BCUT2D eigenvalue weighted by atomic mass is 10.2. The molecule has 3 aromatic rings. The monoisotopic (exact) mass is 466 g/mol. The van der Waals surface area contributed by atoms with Crippen molar-refractivity contribution in [3.63, 3.8) is 0 Å². The van der Waals surface area contributed by atoms with Crippen LogP contribution in [-0.2, 0) is 4.79 Å². The number of benzene rings is 2. The molecule has 1 atom stereocenters. The fourth-order valence-corrected chi connectivity index (χ4v) is 3.43. The molecule has 0 fully saturated rings. The Morgan fingerprint density at radius 2 is 2.04 bits per heavy atom. The molecule has 2 aromatic carbocycles. The molecule has 1 aromatic heterocycles. The summed E-state index contributed by atoms with van der Waals surface area (Å²) in [5, 5.41) is 10.6. The zero-order valence-corrected chi connectivity index (χ0v) is 17.7. The number of rotatable bonds is 6. The topological polar surface area (TPSA) is 79.9 Å². The van der Waals surface area contributed by atoms with Gasteiger partial charge < -0.3 is 10.1 Å². The highest BCUT2D eigenvalue weighted by Gasteiger charge is 2.19. The predicted octanol–water partition coefficient (Wildman–Crippen LogP) is 5.02. The molecular weight excluding hydrogens is 452 g/mol. The lowest BCUT2D eigenvalue weighted by Crippen LogP contribution is -2.22. The van der Waals surface area contributed by atoms with Gasteiger partial charge in [-0.2, -0.15) is 0 Å². The maximum atomic E-state index is 12.4. The lowest BCUT2D eigenvalue weighted by Gasteiger charge is -2.10. The number of ether oxygens (including phenoxy) is 1. The van der Waals surface area contributed by atoms with Crippen molar-refractivity contribution in [2.24, 2.45) is 0 Å². The molecule has 0 saturated carbocycles. The minimum absolute atomic E-state index is 0.131. The molecule has 0 bridgehead atoms. The number of hydrogen-bond acceptors (Lipinski definition) is 5. The summed E-state index contributed by atoms with van der Waals surface area (Å²) in [7, 11) is 1.58. The Kier molecular flexibility index (Phi) is 6.41. The third-order valence-corrected chi connectivity index (χ3v) is 5.37. The van der Waals surface area contributed by atoms with Crippen LogP contribution in [0.5, 0.6) is 5.75 Å². The number of nitrogens with one attached hydrogen (secondary N) is 2. The summed E-state index contributed by atoms with van der Waals surface area (Å²) in [5.74, 6) is 1.03. The number of aromatic nitrogens is 3. The maximum absolute atomic E-state index is 12.4. The van der Waals surface area contributed by atoms with Crippen LogP contribution in [-0.4, -0.2) is 33.4 Å². The largest absolute Gasteiger partial charge is 0.496 e. The number of halogens is 2. The average molecular weight is 468 g/mol. The zero-order chi connectivity index (χ0) is 19.4. The van der Waals surface area contributed by atoms with Gasteiger partial charge in [0, 0.05) is 15.2 Å². The van der Waals surface area contributed by atoms with Crippen LogP contribution in [0.25, 0.3) is 11.4 Å². The van der Waals surface area contributed by atoms with Crippen molar-refractivity contribution >= 4 is 50.9 Å². The van der Waals surface area contributed by atoms with E-state index in [0.29, 0.717) is 27.3 Å². The Morgan fingerprint density at radius 1 is 1.30 bits per heavy atom. The lowest BCUT2D eigenvalue weighted by molar-refractivity contribution is -0.115. The highest BCUT2D eigenvalue weighted by atomic mass is 79.9. The summed E-state index contributed by atoms with van der Waals surface area (Å²) in [6.07, 6.45) is 0. The summed E-state index contributed by atoms with van der Waals surface area (Å²) < 4.78 is 6.29. The van der Waals surface area contributed by atoms with Gasteiger partial charge in [0.15, 0.2) is 5.82 Å². The van der Waals surface area contributed by atoms with Crippen LogP contribution in [0.4, 0.5) is 5.69 Å². The van der Waals surface area contributed by atoms with Crippen molar-refractivity contribution in [3.05, 3.63) is 52.0 Å². The second-order valence-corrected chi connectivity index (χ2v) is 8.23. The van der Waals surface area contributed by atoms with Crippen LogP contribution in [0.3, 0.4) is 0 Å². The molecular formula is C18H16BrClN4O2S. The Labute approximate surface area is 174 Å². The van der Waals surface area contributed by atoms with Gasteiger partial charge >= 0.3 is 0 Å². The molecule has 2 N–H and O–H groups in total. The summed E-state index contributed by atoms with van der Waals surface area (Å²) in [5.41, 5.74) is 1.44. The molecule has 0 aliphatic heterocycles. The number of hydrogen-bond donors (Lipinski definition) is 2. The van der Waals surface area contributed by atoms with Crippen LogP contribution in [0.1, 0.15) is 6.92 Å². The van der Waals surface area contributed by atoms with E-state index < -0.39 is 0 Å². The van der Waals surface area contributed by atoms with Crippen molar-refractivity contribution in [2.45, 2.75) is 17.3 Å². The predicted molar refractivity (Wildman–Crippen MR) is 111 cm³/mol. The number of methoxy groups -OCH3 is 1. The first-order chi connectivity index (χ1) is 13.0. The van der Waals surface area contributed by atoms with E-state index in [2.05, 4.69) is 36.4 Å². The zero-order valence-electron chi connectivity index (χ0n) is 14.5. The molecule has 0 spiro atoms. The first-order valence-electron chi connectivity index (χ1n) is 7.95. The molecule has 0 radical (unpaired) electrons. The van der Waals surface area contributed by atoms with E-state index in [-0.39, 0.29) is 11.2 Å². The van der Waals surface area contributed by atoms with Crippen LogP contribution in [0, 0.1) is 0 Å². The standard InChI is InChI=1S/C18H16BrClN4O2S/c1-10(17(25)21-13-6-3-11(19)4-7-13)27-18-22-16(23-24-18)14-9-12(20)5-8-15(14)26-2/h3-10H,1-2H3,(H,21,25)(H,22,23,24). The molecule has 1 unspecified atom stereocenters. The van der Waals surface area contributed by atoms with Crippen LogP contribution in [0.2, 0.25) is 5.02 Å². The Morgan fingerprint density at radius 3 is 2.74 bits per heavy atom. The van der Waals surface area contributed by atoms with Gasteiger partial charge in [-0.05, 0) is 49.4 Å². The summed E-state index contributed by atoms with van der Waals surface area (Å²) in [4.78, 5) is 16.8. The van der Waals surface area contributed by atoms with Gasteiger partial charge in [0.2, 0.25) is 11.1 Å². The van der Waals surface area contributed by atoms with Gasteiger partial charge in [-0.1, -0.05) is 39.3 Å². The number of anilines is 1. The molecule has 9 heteroatoms. The first kappa shape index (κ1) is 19.7. The summed E-state index contributed by atoms with van der Waals surface area (Å²) in [6, 6.07) is 12.6. The van der Waals surface area contributed by atoms with E-state index in [4.69, 9.17) is 16.3 Å². The molecule has 1 heterocycles. The molecule has 0 saturated heterocycles.